The fraction of sp³-hybridized carbons (Fsp3) is 0.571. The molecule has 1 rings (SSSR count). The van der Waals surface area contributed by atoms with E-state index in [-0.39, 0.29) is 24.1 Å². The summed E-state index contributed by atoms with van der Waals surface area (Å²) in [5, 5.41) is 2.89. The molecule has 1 unspecified atom stereocenters. The molecule has 1 heterocycles. The van der Waals surface area contributed by atoms with Crippen LogP contribution in [-0.2, 0) is 11.3 Å². The minimum atomic E-state index is -0.223. The van der Waals surface area contributed by atoms with Crippen LogP contribution in [0, 0.1) is 5.92 Å². The summed E-state index contributed by atoms with van der Waals surface area (Å²) in [6.07, 6.45) is 3.50. The quantitative estimate of drug-likeness (QED) is 0.815. The summed E-state index contributed by atoms with van der Waals surface area (Å²) in [5.41, 5.74) is 5.84. The third-order valence-corrected chi connectivity index (χ3v) is 2.90. The molecule has 0 aliphatic rings. The normalized spacial score (nSPS) is 12.4. The van der Waals surface area contributed by atoms with Crippen LogP contribution in [0.1, 0.15) is 33.6 Å². The highest BCUT2D eigenvalue weighted by Gasteiger charge is 2.09. The second kappa shape index (κ2) is 6.97. The van der Waals surface area contributed by atoms with Gasteiger partial charge in [0.05, 0.1) is 0 Å². The van der Waals surface area contributed by atoms with Gasteiger partial charge in [-0.1, -0.05) is 13.8 Å². The lowest BCUT2D eigenvalue weighted by atomic mass is 10.0. The molecule has 5 heteroatoms. The van der Waals surface area contributed by atoms with E-state index in [1.54, 1.807) is 0 Å². The van der Waals surface area contributed by atoms with Crippen LogP contribution in [0.25, 0.3) is 0 Å². The van der Waals surface area contributed by atoms with Crippen molar-refractivity contribution < 1.29 is 4.79 Å². The molecule has 0 spiro atoms. The van der Waals surface area contributed by atoms with E-state index in [2.05, 4.69) is 19.2 Å². The van der Waals surface area contributed by atoms with Crippen molar-refractivity contribution in [2.45, 2.75) is 46.2 Å². The van der Waals surface area contributed by atoms with E-state index in [0.717, 1.165) is 12.8 Å². The largest absolute Gasteiger partial charge is 0.398 e. The van der Waals surface area contributed by atoms with Crippen molar-refractivity contribution in [3.05, 3.63) is 28.7 Å². The lowest BCUT2D eigenvalue weighted by molar-refractivity contribution is -0.122. The van der Waals surface area contributed by atoms with Crippen LogP contribution in [0.15, 0.2) is 23.1 Å². The minimum absolute atomic E-state index is 0.00981. The number of nitrogens with one attached hydrogen (secondary N) is 1. The molecule has 0 aromatic carbocycles. The minimum Gasteiger partial charge on any atom is -0.398 e. The molecule has 3 N–H and O–H groups in total. The Labute approximate surface area is 113 Å². The number of nitrogens with zero attached hydrogens (tertiary/aromatic N) is 1. The third kappa shape index (κ3) is 5.59. The molecule has 106 valence electrons. The fourth-order valence-corrected chi connectivity index (χ4v) is 1.80. The van der Waals surface area contributed by atoms with E-state index in [0.29, 0.717) is 11.6 Å². The molecule has 0 aliphatic carbocycles. The molecule has 1 amide bonds. The Bertz CT molecular complexity index is 480. The average Bonchev–Trinajstić information content (AvgIpc) is 2.31. The number of amides is 1. The summed E-state index contributed by atoms with van der Waals surface area (Å²) >= 11 is 0. The van der Waals surface area contributed by atoms with Crippen LogP contribution in [0.4, 0.5) is 5.69 Å². The molecule has 0 saturated carbocycles. The Kier molecular flexibility index (Phi) is 5.60. The molecular formula is C14H23N3O2. The molecular weight excluding hydrogens is 242 g/mol. The Morgan fingerprint density at radius 1 is 1.32 bits per heavy atom. The van der Waals surface area contributed by atoms with Gasteiger partial charge in [-0.25, -0.2) is 0 Å². The summed E-state index contributed by atoms with van der Waals surface area (Å²) < 4.78 is 1.32. The Morgan fingerprint density at radius 2 is 2.00 bits per heavy atom. The summed E-state index contributed by atoms with van der Waals surface area (Å²) in [5.74, 6) is 0.458. The third-order valence-electron chi connectivity index (χ3n) is 2.90. The van der Waals surface area contributed by atoms with Gasteiger partial charge in [-0.05, 0) is 31.7 Å². The summed E-state index contributed by atoms with van der Waals surface area (Å²) in [7, 11) is 0. The molecule has 0 bridgehead atoms. The number of carbonyl (C=O) groups is 1. The van der Waals surface area contributed by atoms with Gasteiger partial charge in [-0.2, -0.15) is 0 Å². The molecule has 0 aliphatic heterocycles. The van der Waals surface area contributed by atoms with Crippen molar-refractivity contribution in [2.24, 2.45) is 5.92 Å². The van der Waals surface area contributed by atoms with E-state index in [1.807, 2.05) is 6.92 Å². The van der Waals surface area contributed by atoms with Gasteiger partial charge in [0.1, 0.15) is 6.54 Å². The predicted molar refractivity (Wildman–Crippen MR) is 76.8 cm³/mol. The van der Waals surface area contributed by atoms with Gasteiger partial charge >= 0.3 is 0 Å². The number of rotatable bonds is 6. The number of hydrogen-bond donors (Lipinski definition) is 2. The van der Waals surface area contributed by atoms with Crippen LogP contribution in [0.3, 0.4) is 0 Å². The highest BCUT2D eigenvalue weighted by Crippen LogP contribution is 2.06. The number of nitrogens with two attached hydrogens (primary N) is 1. The van der Waals surface area contributed by atoms with Crippen molar-refractivity contribution in [3.63, 3.8) is 0 Å². The van der Waals surface area contributed by atoms with Crippen molar-refractivity contribution in [1.29, 1.82) is 0 Å². The maximum absolute atomic E-state index is 11.8. The van der Waals surface area contributed by atoms with Crippen LogP contribution in [0.2, 0.25) is 0 Å². The number of carbonyl (C=O) groups excluding carboxylic acids is 1. The number of nitrogen functional groups attached to an aromatic ring is 1. The zero-order chi connectivity index (χ0) is 14.4. The highest BCUT2D eigenvalue weighted by atomic mass is 16.2. The average molecular weight is 265 g/mol. The van der Waals surface area contributed by atoms with Crippen LogP contribution < -0.4 is 16.6 Å². The summed E-state index contributed by atoms with van der Waals surface area (Å²) in [6, 6.07) is 3.01. The molecule has 0 saturated heterocycles. The van der Waals surface area contributed by atoms with Crippen molar-refractivity contribution >= 4 is 11.6 Å². The molecule has 0 fully saturated rings. The highest BCUT2D eigenvalue weighted by molar-refractivity contribution is 5.76. The van der Waals surface area contributed by atoms with E-state index in [1.165, 1.54) is 22.9 Å². The van der Waals surface area contributed by atoms with Crippen molar-refractivity contribution in [3.8, 4) is 0 Å². The topological polar surface area (TPSA) is 77.1 Å². The lowest BCUT2D eigenvalue weighted by Crippen LogP contribution is -2.37. The maximum atomic E-state index is 11.8. The van der Waals surface area contributed by atoms with Crippen molar-refractivity contribution in [2.75, 3.05) is 5.73 Å². The smallest absolute Gasteiger partial charge is 0.251 e. The van der Waals surface area contributed by atoms with Gasteiger partial charge in [-0.3, -0.25) is 9.59 Å². The first-order chi connectivity index (χ1) is 8.88. The summed E-state index contributed by atoms with van der Waals surface area (Å²) in [6.45, 7) is 6.29. The van der Waals surface area contributed by atoms with Crippen LogP contribution >= 0.6 is 0 Å². The standard InChI is InChI=1S/C14H23N3O2/c1-10(2)4-5-11(3)16-13(18)9-17-8-12(15)6-7-14(17)19/h6-8,10-11H,4-5,9,15H2,1-3H3,(H,16,18). The first kappa shape index (κ1) is 15.3. The molecule has 1 atom stereocenters. The van der Waals surface area contributed by atoms with Gasteiger partial charge in [0.15, 0.2) is 0 Å². The second-order valence-corrected chi connectivity index (χ2v) is 5.37. The van der Waals surface area contributed by atoms with Gasteiger partial charge in [-0.15, -0.1) is 0 Å². The van der Waals surface area contributed by atoms with Gasteiger partial charge < -0.3 is 15.6 Å². The van der Waals surface area contributed by atoms with E-state index < -0.39 is 0 Å². The Hall–Kier alpha value is -1.78. The van der Waals surface area contributed by atoms with E-state index in [4.69, 9.17) is 5.73 Å². The SMILES string of the molecule is CC(C)CCC(C)NC(=O)Cn1cc(N)ccc1=O. The van der Waals surface area contributed by atoms with Gasteiger partial charge in [0.2, 0.25) is 5.91 Å². The second-order valence-electron chi connectivity index (χ2n) is 5.37. The molecule has 1 aromatic rings. The first-order valence-corrected chi connectivity index (χ1v) is 6.64. The van der Waals surface area contributed by atoms with Gasteiger partial charge in [0, 0.05) is 24.0 Å². The molecule has 1 aromatic heterocycles. The predicted octanol–water partition coefficient (Wildman–Crippen LogP) is 1.37. The molecule has 19 heavy (non-hydrogen) atoms. The summed E-state index contributed by atoms with van der Waals surface area (Å²) in [4.78, 5) is 23.4. The Balaban J connectivity index is 2.51. The number of hydrogen-bond acceptors (Lipinski definition) is 3. The van der Waals surface area contributed by atoms with Gasteiger partial charge in [0.25, 0.3) is 5.56 Å². The molecule has 5 nitrogen and oxygen atoms in total. The van der Waals surface area contributed by atoms with E-state index in [9.17, 15) is 9.59 Å². The van der Waals surface area contributed by atoms with Crippen LogP contribution in [0.5, 0.6) is 0 Å². The zero-order valence-corrected chi connectivity index (χ0v) is 11.8. The lowest BCUT2D eigenvalue weighted by Gasteiger charge is -2.15. The van der Waals surface area contributed by atoms with E-state index >= 15 is 0 Å². The Morgan fingerprint density at radius 3 is 2.63 bits per heavy atom. The molecule has 0 radical (unpaired) electrons. The maximum Gasteiger partial charge on any atom is 0.251 e. The number of anilines is 1. The van der Waals surface area contributed by atoms with Crippen molar-refractivity contribution in [1.82, 2.24) is 9.88 Å². The first-order valence-electron chi connectivity index (χ1n) is 6.64. The number of pyridine rings is 1. The number of aromatic nitrogens is 1. The fourth-order valence-electron chi connectivity index (χ4n) is 1.80. The zero-order valence-electron chi connectivity index (χ0n) is 11.8. The van der Waals surface area contributed by atoms with Crippen LogP contribution in [-0.4, -0.2) is 16.5 Å². The monoisotopic (exact) mass is 265 g/mol.